The summed E-state index contributed by atoms with van der Waals surface area (Å²) in [6.45, 7) is 0.292. The maximum absolute atomic E-state index is 12.4. The van der Waals surface area contributed by atoms with Crippen LogP contribution in [0.1, 0.15) is 17.0 Å². The number of aromatic amines is 1. The number of nitrogens with zero attached hydrogens (tertiary/aromatic N) is 1. The average molecular weight is 381 g/mol. The number of anilines is 1. The van der Waals surface area contributed by atoms with Gasteiger partial charge in [-0.2, -0.15) is 5.10 Å². The largest absolute Gasteiger partial charge is 0.448 e. The second-order valence-electron chi connectivity index (χ2n) is 7.00. The third kappa shape index (κ3) is 3.27. The number of carbonyl (C=O) groups excluding carboxylic acids is 1. The van der Waals surface area contributed by atoms with Gasteiger partial charge in [0.15, 0.2) is 0 Å². The van der Waals surface area contributed by atoms with E-state index in [4.69, 9.17) is 4.74 Å². The van der Waals surface area contributed by atoms with Crippen molar-refractivity contribution in [3.8, 4) is 22.4 Å². The van der Waals surface area contributed by atoms with E-state index in [-0.39, 0.29) is 5.92 Å². The smallest absolute Gasteiger partial charge is 0.411 e. The average Bonchev–Trinajstić information content (AvgIpc) is 3.40. The third-order valence-electron chi connectivity index (χ3n) is 5.26. The molecule has 0 bridgehead atoms. The summed E-state index contributed by atoms with van der Waals surface area (Å²) in [5, 5.41) is 9.70. The van der Waals surface area contributed by atoms with Crippen LogP contribution in [-0.4, -0.2) is 22.9 Å². The third-order valence-corrected chi connectivity index (χ3v) is 5.26. The Morgan fingerprint density at radius 1 is 0.931 bits per heavy atom. The van der Waals surface area contributed by atoms with Gasteiger partial charge >= 0.3 is 6.09 Å². The minimum atomic E-state index is -0.464. The number of benzene rings is 3. The number of ether oxygens (including phenoxy) is 1. The van der Waals surface area contributed by atoms with Crippen LogP contribution in [0.2, 0.25) is 0 Å². The molecule has 0 fully saturated rings. The van der Waals surface area contributed by atoms with Gasteiger partial charge in [-0.3, -0.25) is 10.4 Å². The number of H-pyrrole nitrogens is 1. The Bertz CT molecular complexity index is 1120. The van der Waals surface area contributed by atoms with Crippen molar-refractivity contribution in [2.75, 3.05) is 11.9 Å². The van der Waals surface area contributed by atoms with Crippen LogP contribution < -0.4 is 5.32 Å². The highest BCUT2D eigenvalue weighted by molar-refractivity contribution is 5.86. The Labute approximate surface area is 168 Å². The molecule has 1 aliphatic rings. The van der Waals surface area contributed by atoms with E-state index in [1.165, 1.54) is 22.3 Å². The van der Waals surface area contributed by atoms with Crippen molar-refractivity contribution in [1.82, 2.24) is 10.2 Å². The first-order valence-electron chi connectivity index (χ1n) is 9.51. The van der Waals surface area contributed by atoms with Crippen LogP contribution in [-0.2, 0) is 4.74 Å². The van der Waals surface area contributed by atoms with Gasteiger partial charge in [-0.25, -0.2) is 4.79 Å². The zero-order valence-corrected chi connectivity index (χ0v) is 15.6. The highest BCUT2D eigenvalue weighted by atomic mass is 16.5. The van der Waals surface area contributed by atoms with Crippen molar-refractivity contribution in [2.45, 2.75) is 5.92 Å². The van der Waals surface area contributed by atoms with Crippen LogP contribution in [0, 0.1) is 0 Å². The molecule has 0 spiro atoms. The monoisotopic (exact) mass is 381 g/mol. The van der Waals surface area contributed by atoms with Gasteiger partial charge < -0.3 is 4.74 Å². The van der Waals surface area contributed by atoms with E-state index in [0.717, 1.165) is 11.3 Å². The number of nitrogens with one attached hydrogen (secondary N) is 2. The van der Waals surface area contributed by atoms with E-state index in [9.17, 15) is 4.79 Å². The molecule has 0 saturated heterocycles. The standard InChI is InChI=1S/C24H19N3O2/c28-24(26-17-7-5-6-16(14-17)23-12-13-25-27-23)29-15-22-20-10-3-1-8-18(20)19-9-2-4-11-21(19)22/h1-14,22H,15H2,(H,25,27)(H,26,28). The number of hydrogen-bond donors (Lipinski definition) is 2. The van der Waals surface area contributed by atoms with Crippen molar-refractivity contribution in [3.05, 3.63) is 96.2 Å². The van der Waals surface area contributed by atoms with E-state index >= 15 is 0 Å². The molecule has 2 N–H and O–H groups in total. The molecule has 0 saturated carbocycles. The van der Waals surface area contributed by atoms with Gasteiger partial charge in [0.25, 0.3) is 0 Å². The van der Waals surface area contributed by atoms with Crippen LogP contribution >= 0.6 is 0 Å². The molecule has 5 rings (SSSR count). The fourth-order valence-corrected chi connectivity index (χ4v) is 3.93. The lowest BCUT2D eigenvalue weighted by Gasteiger charge is -2.14. The molecular formula is C24H19N3O2. The van der Waals surface area contributed by atoms with E-state index in [1.807, 2.05) is 54.6 Å². The molecule has 1 aromatic heterocycles. The Morgan fingerprint density at radius 3 is 2.34 bits per heavy atom. The minimum absolute atomic E-state index is 0.0458. The molecule has 5 heteroatoms. The SMILES string of the molecule is O=C(Nc1cccc(-c2ccn[nH]2)c1)OCC1c2ccccc2-c2ccccc21. The molecule has 1 aliphatic carbocycles. The van der Waals surface area contributed by atoms with Crippen LogP contribution in [0.25, 0.3) is 22.4 Å². The molecule has 0 atom stereocenters. The summed E-state index contributed by atoms with van der Waals surface area (Å²) >= 11 is 0. The topological polar surface area (TPSA) is 67.0 Å². The van der Waals surface area contributed by atoms with Crippen LogP contribution in [0.3, 0.4) is 0 Å². The number of hydrogen-bond acceptors (Lipinski definition) is 3. The molecule has 0 radical (unpaired) electrons. The summed E-state index contributed by atoms with van der Waals surface area (Å²) in [6.07, 6.45) is 1.23. The summed E-state index contributed by atoms with van der Waals surface area (Å²) < 4.78 is 5.60. The quantitative estimate of drug-likeness (QED) is 0.495. The lowest BCUT2D eigenvalue weighted by atomic mass is 9.98. The molecule has 142 valence electrons. The molecular weight excluding hydrogens is 362 g/mol. The molecule has 0 unspecified atom stereocenters. The number of carbonyl (C=O) groups is 1. The van der Waals surface area contributed by atoms with E-state index in [2.05, 4.69) is 39.8 Å². The van der Waals surface area contributed by atoms with Crippen LogP contribution in [0.4, 0.5) is 10.5 Å². The first-order chi connectivity index (χ1) is 14.3. The van der Waals surface area contributed by atoms with Gasteiger partial charge in [0.05, 0.1) is 5.69 Å². The Hall–Kier alpha value is -3.86. The minimum Gasteiger partial charge on any atom is -0.448 e. The summed E-state index contributed by atoms with van der Waals surface area (Å²) in [5.41, 5.74) is 7.33. The normalized spacial score (nSPS) is 12.3. The van der Waals surface area contributed by atoms with Gasteiger partial charge in [-0.15, -0.1) is 0 Å². The van der Waals surface area contributed by atoms with Crippen molar-refractivity contribution < 1.29 is 9.53 Å². The second kappa shape index (κ2) is 7.28. The van der Waals surface area contributed by atoms with Gasteiger partial charge in [-0.05, 0) is 40.5 Å². The summed E-state index contributed by atoms with van der Waals surface area (Å²) in [4.78, 5) is 12.4. The zero-order valence-electron chi connectivity index (χ0n) is 15.6. The van der Waals surface area contributed by atoms with E-state index in [0.29, 0.717) is 12.3 Å². The highest BCUT2D eigenvalue weighted by Crippen LogP contribution is 2.44. The summed E-state index contributed by atoms with van der Waals surface area (Å²) in [7, 11) is 0. The van der Waals surface area contributed by atoms with Gasteiger partial charge in [-0.1, -0.05) is 60.7 Å². The molecule has 29 heavy (non-hydrogen) atoms. The number of rotatable bonds is 4. The van der Waals surface area contributed by atoms with Gasteiger partial charge in [0, 0.05) is 23.4 Å². The Balaban J connectivity index is 1.30. The van der Waals surface area contributed by atoms with Crippen molar-refractivity contribution in [2.24, 2.45) is 0 Å². The lowest BCUT2D eigenvalue weighted by molar-refractivity contribution is 0.158. The molecule has 4 aromatic rings. The summed E-state index contributed by atoms with van der Waals surface area (Å²) in [6, 6.07) is 26.0. The number of amides is 1. The maximum Gasteiger partial charge on any atom is 0.411 e. The fourth-order valence-electron chi connectivity index (χ4n) is 3.93. The summed E-state index contributed by atoms with van der Waals surface area (Å²) in [5.74, 6) is 0.0458. The molecule has 3 aromatic carbocycles. The molecule has 1 amide bonds. The molecule has 0 aliphatic heterocycles. The van der Waals surface area contributed by atoms with Crippen molar-refractivity contribution >= 4 is 11.8 Å². The lowest BCUT2D eigenvalue weighted by Crippen LogP contribution is -2.17. The Kier molecular flexibility index (Phi) is 4.33. The van der Waals surface area contributed by atoms with Crippen LogP contribution in [0.15, 0.2) is 85.1 Å². The van der Waals surface area contributed by atoms with E-state index < -0.39 is 6.09 Å². The predicted octanol–water partition coefficient (Wildman–Crippen LogP) is 5.44. The first kappa shape index (κ1) is 17.3. The number of aromatic nitrogens is 2. The zero-order chi connectivity index (χ0) is 19.6. The molecule has 5 nitrogen and oxygen atoms in total. The first-order valence-corrected chi connectivity index (χ1v) is 9.51. The van der Waals surface area contributed by atoms with Gasteiger partial charge in [0.1, 0.15) is 6.61 Å². The van der Waals surface area contributed by atoms with Gasteiger partial charge in [0.2, 0.25) is 0 Å². The van der Waals surface area contributed by atoms with Crippen molar-refractivity contribution in [3.63, 3.8) is 0 Å². The maximum atomic E-state index is 12.4. The highest BCUT2D eigenvalue weighted by Gasteiger charge is 2.28. The Morgan fingerprint density at radius 2 is 1.66 bits per heavy atom. The second-order valence-corrected chi connectivity index (χ2v) is 7.00. The van der Waals surface area contributed by atoms with E-state index in [1.54, 1.807) is 6.20 Å². The predicted molar refractivity (Wildman–Crippen MR) is 113 cm³/mol. The molecule has 1 heterocycles. The van der Waals surface area contributed by atoms with Crippen LogP contribution in [0.5, 0.6) is 0 Å². The fraction of sp³-hybridized carbons (Fsp3) is 0.0833. The van der Waals surface area contributed by atoms with Crippen molar-refractivity contribution in [1.29, 1.82) is 0 Å². The number of fused-ring (bicyclic) bond motifs is 3.